The first kappa shape index (κ1) is 17.8. The summed E-state index contributed by atoms with van der Waals surface area (Å²) < 4.78 is 0. The van der Waals surface area contributed by atoms with Crippen LogP contribution >= 0.6 is 0 Å². The van der Waals surface area contributed by atoms with E-state index < -0.39 is 0 Å². The van der Waals surface area contributed by atoms with Crippen LogP contribution in [0.1, 0.15) is 39.3 Å². The summed E-state index contributed by atoms with van der Waals surface area (Å²) in [7, 11) is 0. The van der Waals surface area contributed by atoms with Gasteiger partial charge in [-0.05, 0) is 45.0 Å². The molecule has 4 heteroatoms. The molecular formula is C19H30N4. The maximum absolute atomic E-state index is 9.73. The predicted octanol–water partition coefficient (Wildman–Crippen LogP) is 3.12. The minimum absolute atomic E-state index is 0.144. The van der Waals surface area contributed by atoms with Crippen molar-refractivity contribution in [3.63, 3.8) is 0 Å². The molecule has 0 aliphatic carbocycles. The average molecular weight is 314 g/mol. The van der Waals surface area contributed by atoms with Gasteiger partial charge in [0.2, 0.25) is 0 Å². The Morgan fingerprint density at radius 2 is 1.83 bits per heavy atom. The van der Waals surface area contributed by atoms with E-state index >= 15 is 0 Å². The molecule has 2 unspecified atom stereocenters. The molecule has 23 heavy (non-hydrogen) atoms. The molecule has 0 amide bonds. The largest absolute Gasteiger partial charge is 0.372 e. The van der Waals surface area contributed by atoms with Gasteiger partial charge in [0.25, 0.3) is 0 Å². The summed E-state index contributed by atoms with van der Waals surface area (Å²) in [6.07, 6.45) is 0. The van der Waals surface area contributed by atoms with Gasteiger partial charge in [0.15, 0.2) is 0 Å². The lowest BCUT2D eigenvalue weighted by atomic mass is 10.0. The van der Waals surface area contributed by atoms with Crippen LogP contribution < -0.4 is 4.90 Å². The van der Waals surface area contributed by atoms with Crippen LogP contribution in [0.25, 0.3) is 0 Å². The topological polar surface area (TPSA) is 33.5 Å². The Morgan fingerprint density at radius 3 is 2.30 bits per heavy atom. The van der Waals surface area contributed by atoms with E-state index in [9.17, 15) is 5.26 Å². The van der Waals surface area contributed by atoms with Crippen molar-refractivity contribution in [3.8, 4) is 6.07 Å². The maximum Gasteiger partial charge on any atom is 0.124 e. The van der Waals surface area contributed by atoms with Crippen LogP contribution in [0.3, 0.4) is 0 Å². The number of likely N-dealkylation sites (N-methyl/N-ethyl adjacent to an activating group) is 1. The molecule has 1 heterocycles. The summed E-state index contributed by atoms with van der Waals surface area (Å²) >= 11 is 0. The van der Waals surface area contributed by atoms with Gasteiger partial charge in [0.05, 0.1) is 6.07 Å². The van der Waals surface area contributed by atoms with Crippen molar-refractivity contribution in [1.29, 1.82) is 5.26 Å². The Hall–Kier alpha value is -1.57. The molecule has 1 fully saturated rings. The lowest BCUT2D eigenvalue weighted by Crippen LogP contribution is -2.52. The SMILES string of the molecule is CCN1CCN(C(C#N)c2ccc(N(CC)CC)cc2)C(C)C1. The van der Waals surface area contributed by atoms with Crippen molar-refractivity contribution in [2.75, 3.05) is 44.2 Å². The Balaban J connectivity index is 2.14. The van der Waals surface area contributed by atoms with Gasteiger partial charge < -0.3 is 9.80 Å². The van der Waals surface area contributed by atoms with Crippen molar-refractivity contribution >= 4 is 5.69 Å². The lowest BCUT2D eigenvalue weighted by Gasteiger charge is -2.41. The second-order valence-corrected chi connectivity index (χ2v) is 6.28. The summed E-state index contributed by atoms with van der Waals surface area (Å²) in [5.74, 6) is 0. The Labute approximate surface area is 141 Å². The summed E-state index contributed by atoms with van der Waals surface area (Å²) in [5, 5.41) is 9.73. The Bertz CT molecular complexity index is 515. The second kappa shape index (κ2) is 8.33. The number of nitrogens with zero attached hydrogens (tertiary/aromatic N) is 4. The number of anilines is 1. The highest BCUT2D eigenvalue weighted by Gasteiger charge is 2.29. The van der Waals surface area contributed by atoms with Gasteiger partial charge in [0, 0.05) is 44.5 Å². The highest BCUT2D eigenvalue weighted by atomic mass is 15.3. The molecular weight excluding hydrogens is 284 g/mol. The van der Waals surface area contributed by atoms with Crippen LogP contribution in [0.15, 0.2) is 24.3 Å². The molecule has 126 valence electrons. The van der Waals surface area contributed by atoms with E-state index in [1.54, 1.807) is 0 Å². The van der Waals surface area contributed by atoms with Gasteiger partial charge >= 0.3 is 0 Å². The Morgan fingerprint density at radius 1 is 1.17 bits per heavy atom. The molecule has 2 rings (SSSR count). The molecule has 0 radical (unpaired) electrons. The first-order chi connectivity index (χ1) is 11.1. The van der Waals surface area contributed by atoms with Crippen molar-refractivity contribution in [2.24, 2.45) is 0 Å². The van der Waals surface area contributed by atoms with E-state index in [0.29, 0.717) is 6.04 Å². The number of hydrogen-bond acceptors (Lipinski definition) is 4. The highest BCUT2D eigenvalue weighted by Crippen LogP contribution is 2.26. The van der Waals surface area contributed by atoms with Gasteiger partial charge in [-0.3, -0.25) is 4.90 Å². The molecule has 1 aromatic carbocycles. The van der Waals surface area contributed by atoms with Crippen molar-refractivity contribution in [1.82, 2.24) is 9.80 Å². The standard InChI is InChI=1S/C19H30N4/c1-5-21-12-13-23(16(4)15-21)19(14-20)17-8-10-18(11-9-17)22(6-2)7-3/h8-11,16,19H,5-7,12-13,15H2,1-4H3. The first-order valence-corrected chi connectivity index (χ1v) is 8.87. The molecule has 4 nitrogen and oxygen atoms in total. The maximum atomic E-state index is 9.73. The summed E-state index contributed by atoms with van der Waals surface area (Å²) in [6.45, 7) is 14.9. The zero-order valence-corrected chi connectivity index (χ0v) is 15.0. The normalized spacial score (nSPS) is 20.9. The zero-order chi connectivity index (χ0) is 16.8. The van der Waals surface area contributed by atoms with E-state index in [1.807, 2.05) is 0 Å². The monoisotopic (exact) mass is 314 g/mol. The fraction of sp³-hybridized carbons (Fsp3) is 0.632. The molecule has 0 bridgehead atoms. The molecule has 0 aromatic heterocycles. The van der Waals surface area contributed by atoms with Gasteiger partial charge in [0.1, 0.15) is 6.04 Å². The number of benzene rings is 1. The van der Waals surface area contributed by atoms with Gasteiger partial charge in [-0.15, -0.1) is 0 Å². The molecule has 0 N–H and O–H groups in total. The van der Waals surface area contributed by atoms with Crippen LogP contribution in [0.4, 0.5) is 5.69 Å². The van der Waals surface area contributed by atoms with E-state index in [1.165, 1.54) is 5.69 Å². The number of nitriles is 1. The summed E-state index contributed by atoms with van der Waals surface area (Å²) in [6, 6.07) is 11.3. The van der Waals surface area contributed by atoms with Crippen LogP contribution in [-0.2, 0) is 0 Å². The smallest absolute Gasteiger partial charge is 0.124 e. The van der Waals surface area contributed by atoms with Crippen molar-refractivity contribution < 1.29 is 0 Å². The molecule has 1 saturated heterocycles. The third kappa shape index (κ3) is 4.04. The molecule has 0 spiro atoms. The third-order valence-electron chi connectivity index (χ3n) is 5.00. The fourth-order valence-electron chi connectivity index (χ4n) is 3.51. The van der Waals surface area contributed by atoms with E-state index in [2.05, 4.69) is 72.7 Å². The minimum Gasteiger partial charge on any atom is -0.372 e. The third-order valence-corrected chi connectivity index (χ3v) is 5.00. The minimum atomic E-state index is -0.144. The number of piperazine rings is 1. The van der Waals surface area contributed by atoms with Crippen LogP contribution in [0.2, 0.25) is 0 Å². The van der Waals surface area contributed by atoms with Gasteiger partial charge in [-0.1, -0.05) is 19.1 Å². The predicted molar refractivity (Wildman–Crippen MR) is 96.6 cm³/mol. The van der Waals surface area contributed by atoms with Crippen LogP contribution in [-0.4, -0.2) is 55.1 Å². The molecule has 2 atom stereocenters. The van der Waals surface area contributed by atoms with Crippen LogP contribution in [0, 0.1) is 11.3 Å². The van der Waals surface area contributed by atoms with Gasteiger partial charge in [-0.2, -0.15) is 5.26 Å². The van der Waals surface area contributed by atoms with Crippen LogP contribution in [0.5, 0.6) is 0 Å². The highest BCUT2D eigenvalue weighted by molar-refractivity contribution is 5.48. The number of hydrogen-bond donors (Lipinski definition) is 0. The summed E-state index contributed by atoms with van der Waals surface area (Å²) in [5.41, 5.74) is 2.35. The second-order valence-electron chi connectivity index (χ2n) is 6.28. The lowest BCUT2D eigenvalue weighted by molar-refractivity contribution is 0.0683. The number of rotatable bonds is 6. The summed E-state index contributed by atoms with van der Waals surface area (Å²) in [4.78, 5) is 7.13. The molecule has 1 aliphatic heterocycles. The van der Waals surface area contributed by atoms with Crippen molar-refractivity contribution in [3.05, 3.63) is 29.8 Å². The fourth-order valence-corrected chi connectivity index (χ4v) is 3.51. The molecule has 1 aromatic rings. The van der Waals surface area contributed by atoms with E-state index in [0.717, 1.165) is 44.8 Å². The quantitative estimate of drug-likeness (QED) is 0.808. The van der Waals surface area contributed by atoms with Gasteiger partial charge in [-0.25, -0.2) is 0 Å². The zero-order valence-electron chi connectivity index (χ0n) is 15.0. The average Bonchev–Trinajstić information content (AvgIpc) is 2.59. The van der Waals surface area contributed by atoms with Crippen molar-refractivity contribution in [2.45, 2.75) is 39.8 Å². The molecule has 1 aliphatic rings. The first-order valence-electron chi connectivity index (χ1n) is 8.87. The van der Waals surface area contributed by atoms with E-state index in [4.69, 9.17) is 0 Å². The molecule has 0 saturated carbocycles. The Kier molecular flexibility index (Phi) is 6.44. The van der Waals surface area contributed by atoms with E-state index in [-0.39, 0.29) is 6.04 Å².